The molecule has 0 aromatic carbocycles. The highest BCUT2D eigenvalue weighted by Gasteiger charge is 2.43. The zero-order chi connectivity index (χ0) is 12.3. The minimum absolute atomic E-state index is 0.0327. The van der Waals surface area contributed by atoms with E-state index in [9.17, 15) is 4.79 Å². The number of nitrogens with zero attached hydrogens (tertiary/aromatic N) is 1. The molecule has 1 amide bonds. The Morgan fingerprint density at radius 2 is 2.06 bits per heavy atom. The Kier molecular flexibility index (Phi) is 4.19. The summed E-state index contributed by atoms with van der Waals surface area (Å²) >= 11 is 0. The van der Waals surface area contributed by atoms with Crippen LogP contribution < -0.4 is 0 Å². The molecule has 0 aliphatic carbocycles. The van der Waals surface area contributed by atoms with Crippen LogP contribution in [0.1, 0.15) is 40.0 Å². The molecule has 1 heterocycles. The maximum Gasteiger partial charge on any atom is 0.407 e. The second-order valence-corrected chi connectivity index (χ2v) is 5.70. The van der Waals surface area contributed by atoms with Crippen molar-refractivity contribution in [3.8, 4) is 0 Å². The van der Waals surface area contributed by atoms with E-state index in [1.165, 1.54) is 0 Å². The summed E-state index contributed by atoms with van der Waals surface area (Å²) in [6.07, 6.45) is 1.80. The molecule has 2 N–H and O–H groups in total. The van der Waals surface area contributed by atoms with Crippen LogP contribution in [0, 0.1) is 11.3 Å². The molecule has 0 bridgehead atoms. The molecule has 1 aliphatic heterocycles. The SMILES string of the molecule is CC(C)(C)C1[C@H](CCCO)CCN1C(=O)O. The number of hydrogen-bond acceptors (Lipinski definition) is 2. The summed E-state index contributed by atoms with van der Waals surface area (Å²) in [7, 11) is 0. The Morgan fingerprint density at radius 3 is 2.50 bits per heavy atom. The van der Waals surface area contributed by atoms with Crippen LogP contribution in [-0.4, -0.2) is 40.4 Å². The van der Waals surface area contributed by atoms with E-state index in [2.05, 4.69) is 20.8 Å². The number of amides is 1. The van der Waals surface area contributed by atoms with Gasteiger partial charge < -0.3 is 15.1 Å². The standard InChI is InChI=1S/C12H23NO3/c1-12(2,3)10-9(5-4-8-14)6-7-13(10)11(15)16/h9-10,14H,4-8H2,1-3H3,(H,15,16)/t9-,10?/m1/s1. The largest absolute Gasteiger partial charge is 0.465 e. The normalized spacial score (nSPS) is 26.1. The fourth-order valence-electron chi connectivity index (χ4n) is 2.90. The van der Waals surface area contributed by atoms with Gasteiger partial charge in [0, 0.05) is 19.2 Å². The summed E-state index contributed by atoms with van der Waals surface area (Å²) < 4.78 is 0. The average molecular weight is 229 g/mol. The first kappa shape index (κ1) is 13.3. The third kappa shape index (κ3) is 2.88. The quantitative estimate of drug-likeness (QED) is 0.779. The molecule has 2 atom stereocenters. The lowest BCUT2D eigenvalue weighted by Crippen LogP contribution is -2.45. The molecular formula is C12H23NO3. The van der Waals surface area contributed by atoms with Crippen molar-refractivity contribution in [1.82, 2.24) is 4.90 Å². The van der Waals surface area contributed by atoms with Crippen LogP contribution in [0.5, 0.6) is 0 Å². The zero-order valence-electron chi connectivity index (χ0n) is 10.4. The predicted molar refractivity (Wildman–Crippen MR) is 62.4 cm³/mol. The average Bonchev–Trinajstić information content (AvgIpc) is 2.57. The highest BCUT2D eigenvalue weighted by Crippen LogP contribution is 2.39. The Morgan fingerprint density at radius 1 is 1.44 bits per heavy atom. The van der Waals surface area contributed by atoms with Crippen LogP contribution in [0.25, 0.3) is 0 Å². The van der Waals surface area contributed by atoms with Gasteiger partial charge in [-0.2, -0.15) is 0 Å². The van der Waals surface area contributed by atoms with Gasteiger partial charge in [-0.1, -0.05) is 20.8 Å². The predicted octanol–water partition coefficient (Wildman–Crippen LogP) is 2.17. The maximum atomic E-state index is 11.2. The summed E-state index contributed by atoms with van der Waals surface area (Å²) in [6.45, 7) is 7.09. The highest BCUT2D eigenvalue weighted by atomic mass is 16.4. The minimum Gasteiger partial charge on any atom is -0.465 e. The van der Waals surface area contributed by atoms with Gasteiger partial charge in [0.15, 0.2) is 0 Å². The summed E-state index contributed by atoms with van der Waals surface area (Å²) in [4.78, 5) is 12.7. The van der Waals surface area contributed by atoms with Crippen LogP contribution in [0.2, 0.25) is 0 Å². The summed E-state index contributed by atoms with van der Waals surface area (Å²) in [5.41, 5.74) is -0.0327. The molecular weight excluding hydrogens is 206 g/mol. The van der Waals surface area contributed by atoms with Crippen molar-refractivity contribution in [1.29, 1.82) is 0 Å². The molecule has 16 heavy (non-hydrogen) atoms. The molecule has 0 saturated carbocycles. The third-order valence-corrected chi connectivity index (χ3v) is 3.39. The fourth-order valence-corrected chi connectivity index (χ4v) is 2.90. The molecule has 0 aromatic heterocycles. The maximum absolute atomic E-state index is 11.2. The van der Waals surface area contributed by atoms with Crippen molar-refractivity contribution in [2.75, 3.05) is 13.2 Å². The van der Waals surface area contributed by atoms with Gasteiger partial charge in [-0.3, -0.25) is 0 Å². The minimum atomic E-state index is -0.813. The highest BCUT2D eigenvalue weighted by molar-refractivity contribution is 5.66. The van der Waals surface area contributed by atoms with Gasteiger partial charge in [0.25, 0.3) is 0 Å². The van der Waals surface area contributed by atoms with Crippen molar-refractivity contribution in [2.24, 2.45) is 11.3 Å². The van der Waals surface area contributed by atoms with E-state index in [1.54, 1.807) is 4.90 Å². The van der Waals surface area contributed by atoms with Crippen molar-refractivity contribution in [3.05, 3.63) is 0 Å². The number of likely N-dealkylation sites (tertiary alicyclic amines) is 1. The number of carboxylic acid groups (broad SMARTS) is 1. The first-order chi connectivity index (χ1) is 7.38. The summed E-state index contributed by atoms with van der Waals surface area (Å²) in [5, 5.41) is 18.0. The van der Waals surface area contributed by atoms with Gasteiger partial charge in [-0.25, -0.2) is 4.79 Å². The lowest BCUT2D eigenvalue weighted by molar-refractivity contribution is 0.0878. The molecule has 1 saturated heterocycles. The van der Waals surface area contributed by atoms with E-state index >= 15 is 0 Å². The molecule has 0 aromatic rings. The van der Waals surface area contributed by atoms with Gasteiger partial charge in [0.2, 0.25) is 0 Å². The zero-order valence-corrected chi connectivity index (χ0v) is 10.4. The Balaban J connectivity index is 2.76. The molecule has 1 rings (SSSR count). The van der Waals surface area contributed by atoms with Gasteiger partial charge in [0.1, 0.15) is 0 Å². The van der Waals surface area contributed by atoms with Crippen molar-refractivity contribution in [2.45, 2.75) is 46.1 Å². The Hall–Kier alpha value is -0.770. The monoisotopic (exact) mass is 229 g/mol. The molecule has 4 heteroatoms. The summed E-state index contributed by atoms with van der Waals surface area (Å²) in [5.74, 6) is 0.392. The van der Waals surface area contributed by atoms with E-state index in [4.69, 9.17) is 10.2 Å². The molecule has 4 nitrogen and oxygen atoms in total. The number of aliphatic hydroxyl groups excluding tert-OH is 1. The van der Waals surface area contributed by atoms with Gasteiger partial charge in [-0.15, -0.1) is 0 Å². The first-order valence-electron chi connectivity index (χ1n) is 5.98. The van der Waals surface area contributed by atoms with E-state index in [-0.39, 0.29) is 18.1 Å². The van der Waals surface area contributed by atoms with Gasteiger partial charge in [-0.05, 0) is 30.6 Å². The molecule has 1 unspecified atom stereocenters. The number of rotatable bonds is 3. The summed E-state index contributed by atoms with van der Waals surface area (Å²) in [6, 6.07) is 0.0801. The Labute approximate surface area is 97.3 Å². The number of hydrogen-bond donors (Lipinski definition) is 2. The Bertz CT molecular complexity index is 247. The second-order valence-electron chi connectivity index (χ2n) is 5.70. The van der Waals surface area contributed by atoms with Crippen molar-refractivity contribution in [3.63, 3.8) is 0 Å². The second kappa shape index (κ2) is 5.04. The lowest BCUT2D eigenvalue weighted by atomic mass is 9.78. The van der Waals surface area contributed by atoms with Gasteiger partial charge in [0.05, 0.1) is 0 Å². The number of carbonyl (C=O) groups is 1. The number of aliphatic hydroxyl groups is 1. The smallest absolute Gasteiger partial charge is 0.407 e. The molecule has 0 spiro atoms. The fraction of sp³-hybridized carbons (Fsp3) is 0.917. The van der Waals surface area contributed by atoms with Crippen LogP contribution >= 0.6 is 0 Å². The van der Waals surface area contributed by atoms with Crippen LogP contribution in [0.3, 0.4) is 0 Å². The first-order valence-corrected chi connectivity index (χ1v) is 5.98. The molecule has 0 radical (unpaired) electrons. The van der Waals surface area contributed by atoms with Crippen molar-refractivity contribution >= 4 is 6.09 Å². The van der Waals surface area contributed by atoms with Gasteiger partial charge >= 0.3 is 6.09 Å². The van der Waals surface area contributed by atoms with E-state index in [1.807, 2.05) is 0 Å². The molecule has 1 fully saturated rings. The van der Waals surface area contributed by atoms with E-state index in [0.29, 0.717) is 12.5 Å². The van der Waals surface area contributed by atoms with Crippen LogP contribution in [-0.2, 0) is 0 Å². The third-order valence-electron chi connectivity index (χ3n) is 3.39. The van der Waals surface area contributed by atoms with E-state index < -0.39 is 6.09 Å². The van der Waals surface area contributed by atoms with Crippen LogP contribution in [0.15, 0.2) is 0 Å². The van der Waals surface area contributed by atoms with E-state index in [0.717, 1.165) is 19.3 Å². The van der Waals surface area contributed by atoms with Crippen LogP contribution in [0.4, 0.5) is 4.79 Å². The lowest BCUT2D eigenvalue weighted by Gasteiger charge is -2.37. The van der Waals surface area contributed by atoms with Crippen molar-refractivity contribution < 1.29 is 15.0 Å². The molecule has 94 valence electrons. The topological polar surface area (TPSA) is 60.8 Å². The molecule has 1 aliphatic rings.